The monoisotopic (exact) mass is 243 g/mol. The van der Waals surface area contributed by atoms with Crippen molar-refractivity contribution in [1.29, 1.82) is 0 Å². The fourth-order valence-corrected chi connectivity index (χ4v) is 1.95. The van der Waals surface area contributed by atoms with Gasteiger partial charge in [-0.15, -0.1) is 0 Å². The molecule has 0 fully saturated rings. The van der Waals surface area contributed by atoms with Crippen LogP contribution in [0.1, 0.15) is 13.8 Å². The second-order valence-electron chi connectivity index (χ2n) is 4.92. The molecule has 0 aromatic heterocycles. The third kappa shape index (κ3) is 1.92. The number of rotatable bonds is 3. The van der Waals surface area contributed by atoms with Crippen molar-refractivity contribution in [3.8, 4) is 0 Å². The summed E-state index contributed by atoms with van der Waals surface area (Å²) in [6.45, 7) is 3.41. The molecule has 0 saturated carbocycles. The van der Waals surface area contributed by atoms with E-state index in [1.54, 1.807) is 18.7 Å². The SMILES string of the molecule is CN(c1cccc2ccccc12)C(C)(C)C(=O)O. The van der Waals surface area contributed by atoms with E-state index < -0.39 is 11.5 Å². The minimum Gasteiger partial charge on any atom is -0.480 e. The Morgan fingerprint density at radius 2 is 1.72 bits per heavy atom. The van der Waals surface area contributed by atoms with Crippen molar-refractivity contribution in [3.63, 3.8) is 0 Å². The maximum absolute atomic E-state index is 11.3. The van der Waals surface area contributed by atoms with Gasteiger partial charge in [-0.3, -0.25) is 0 Å². The standard InChI is InChI=1S/C15H17NO2/c1-15(2,14(17)18)16(3)13-10-6-8-11-7-4-5-9-12(11)13/h4-10H,1-3H3,(H,17,18). The van der Waals surface area contributed by atoms with Crippen molar-refractivity contribution >= 4 is 22.4 Å². The summed E-state index contributed by atoms with van der Waals surface area (Å²) in [5.41, 5.74) is -0.00933. The lowest BCUT2D eigenvalue weighted by molar-refractivity contribution is -0.142. The van der Waals surface area contributed by atoms with Crippen LogP contribution < -0.4 is 4.90 Å². The van der Waals surface area contributed by atoms with E-state index in [0.717, 1.165) is 16.5 Å². The Kier molecular flexibility index (Phi) is 2.99. The highest BCUT2D eigenvalue weighted by atomic mass is 16.4. The number of anilines is 1. The first-order chi connectivity index (χ1) is 8.44. The van der Waals surface area contributed by atoms with Gasteiger partial charge in [0.2, 0.25) is 0 Å². The van der Waals surface area contributed by atoms with E-state index in [1.165, 1.54) is 0 Å². The van der Waals surface area contributed by atoms with Gasteiger partial charge in [0.05, 0.1) is 0 Å². The van der Waals surface area contributed by atoms with Crippen LogP contribution >= 0.6 is 0 Å². The van der Waals surface area contributed by atoms with Crippen LogP contribution in [0.15, 0.2) is 42.5 Å². The number of hydrogen-bond acceptors (Lipinski definition) is 2. The Bertz CT molecular complexity index is 585. The smallest absolute Gasteiger partial charge is 0.328 e. The maximum atomic E-state index is 11.3. The number of carboxylic acids is 1. The zero-order chi connectivity index (χ0) is 13.3. The second kappa shape index (κ2) is 4.33. The van der Waals surface area contributed by atoms with Crippen molar-refractivity contribution in [1.82, 2.24) is 0 Å². The predicted molar refractivity (Wildman–Crippen MR) is 74.1 cm³/mol. The van der Waals surface area contributed by atoms with Gasteiger partial charge in [-0.25, -0.2) is 4.79 Å². The van der Waals surface area contributed by atoms with Crippen LogP contribution in [-0.2, 0) is 4.79 Å². The van der Waals surface area contributed by atoms with E-state index in [0.29, 0.717) is 0 Å². The van der Waals surface area contributed by atoms with Gasteiger partial charge in [0.15, 0.2) is 0 Å². The quantitative estimate of drug-likeness (QED) is 0.900. The molecule has 0 aliphatic heterocycles. The number of fused-ring (bicyclic) bond motifs is 1. The number of carboxylic acid groups (broad SMARTS) is 1. The number of carbonyl (C=O) groups is 1. The van der Waals surface area contributed by atoms with Crippen LogP contribution in [0.4, 0.5) is 5.69 Å². The molecule has 0 aliphatic carbocycles. The fraction of sp³-hybridized carbons (Fsp3) is 0.267. The average Bonchev–Trinajstić information content (AvgIpc) is 2.37. The van der Waals surface area contributed by atoms with Crippen LogP contribution in [0, 0.1) is 0 Å². The fourth-order valence-electron chi connectivity index (χ4n) is 1.95. The van der Waals surface area contributed by atoms with Crippen molar-refractivity contribution in [2.45, 2.75) is 19.4 Å². The van der Waals surface area contributed by atoms with Gasteiger partial charge < -0.3 is 10.0 Å². The molecule has 0 spiro atoms. The Hall–Kier alpha value is -2.03. The van der Waals surface area contributed by atoms with Crippen LogP contribution in [0.2, 0.25) is 0 Å². The Morgan fingerprint density at radius 3 is 2.39 bits per heavy atom. The molecule has 0 saturated heterocycles. The molecular weight excluding hydrogens is 226 g/mol. The molecule has 2 rings (SSSR count). The predicted octanol–water partition coefficient (Wildman–Crippen LogP) is 3.14. The number of hydrogen-bond donors (Lipinski definition) is 1. The summed E-state index contributed by atoms with van der Waals surface area (Å²) in [4.78, 5) is 13.1. The van der Waals surface area contributed by atoms with E-state index in [4.69, 9.17) is 0 Å². The van der Waals surface area contributed by atoms with E-state index in [2.05, 4.69) is 0 Å². The Balaban J connectivity index is 2.58. The molecule has 0 bridgehead atoms. The summed E-state index contributed by atoms with van der Waals surface area (Å²) in [6.07, 6.45) is 0. The van der Waals surface area contributed by atoms with E-state index in [-0.39, 0.29) is 0 Å². The summed E-state index contributed by atoms with van der Waals surface area (Å²) < 4.78 is 0. The number of aliphatic carboxylic acids is 1. The summed E-state index contributed by atoms with van der Waals surface area (Å²) in [5.74, 6) is -0.835. The third-order valence-electron chi connectivity index (χ3n) is 3.49. The van der Waals surface area contributed by atoms with E-state index >= 15 is 0 Å². The van der Waals surface area contributed by atoms with Gasteiger partial charge >= 0.3 is 5.97 Å². The highest BCUT2D eigenvalue weighted by Crippen LogP contribution is 2.30. The Labute approximate surface area is 107 Å². The molecule has 2 aromatic carbocycles. The third-order valence-corrected chi connectivity index (χ3v) is 3.49. The van der Waals surface area contributed by atoms with Gasteiger partial charge in [-0.2, -0.15) is 0 Å². The highest BCUT2D eigenvalue weighted by Gasteiger charge is 2.32. The molecule has 0 heterocycles. The first-order valence-electron chi connectivity index (χ1n) is 5.89. The molecule has 2 aromatic rings. The molecule has 94 valence electrons. The molecule has 3 heteroatoms. The molecule has 3 nitrogen and oxygen atoms in total. The number of likely N-dealkylation sites (N-methyl/N-ethyl adjacent to an activating group) is 1. The van der Waals surface area contributed by atoms with Crippen molar-refractivity contribution < 1.29 is 9.90 Å². The van der Waals surface area contributed by atoms with Crippen LogP contribution in [0.5, 0.6) is 0 Å². The minimum atomic E-state index is -0.940. The zero-order valence-electron chi connectivity index (χ0n) is 10.8. The highest BCUT2D eigenvalue weighted by molar-refractivity contribution is 5.96. The van der Waals surface area contributed by atoms with Crippen molar-refractivity contribution in [2.24, 2.45) is 0 Å². The van der Waals surface area contributed by atoms with Crippen LogP contribution in [0.25, 0.3) is 10.8 Å². The lowest BCUT2D eigenvalue weighted by Crippen LogP contribution is -2.48. The summed E-state index contributed by atoms with van der Waals surface area (Å²) in [7, 11) is 1.82. The van der Waals surface area contributed by atoms with Crippen molar-refractivity contribution in [2.75, 3.05) is 11.9 Å². The summed E-state index contributed by atoms with van der Waals surface area (Å²) in [6, 6.07) is 13.9. The Morgan fingerprint density at radius 1 is 1.11 bits per heavy atom. The second-order valence-corrected chi connectivity index (χ2v) is 4.92. The lowest BCUT2D eigenvalue weighted by atomic mass is 10.0. The van der Waals surface area contributed by atoms with Gasteiger partial charge in [-0.1, -0.05) is 36.4 Å². The van der Waals surface area contributed by atoms with Gasteiger partial charge in [0.1, 0.15) is 5.54 Å². The molecule has 0 unspecified atom stereocenters. The molecular formula is C15H17NO2. The van der Waals surface area contributed by atoms with Crippen LogP contribution in [0.3, 0.4) is 0 Å². The average molecular weight is 243 g/mol. The zero-order valence-corrected chi connectivity index (χ0v) is 10.8. The van der Waals surface area contributed by atoms with Crippen LogP contribution in [-0.4, -0.2) is 23.7 Å². The first-order valence-corrected chi connectivity index (χ1v) is 5.89. The lowest BCUT2D eigenvalue weighted by Gasteiger charge is -2.34. The summed E-state index contributed by atoms with van der Waals surface area (Å²) >= 11 is 0. The van der Waals surface area contributed by atoms with Gasteiger partial charge in [0, 0.05) is 18.1 Å². The van der Waals surface area contributed by atoms with E-state index in [9.17, 15) is 9.90 Å². The number of nitrogens with zero attached hydrogens (tertiary/aromatic N) is 1. The minimum absolute atomic E-state index is 0.835. The first kappa shape index (κ1) is 12.4. The molecule has 0 aliphatic rings. The van der Waals surface area contributed by atoms with Gasteiger partial charge in [-0.05, 0) is 25.3 Å². The van der Waals surface area contributed by atoms with E-state index in [1.807, 2.05) is 49.5 Å². The van der Waals surface area contributed by atoms with Crippen molar-refractivity contribution in [3.05, 3.63) is 42.5 Å². The van der Waals surface area contributed by atoms with Gasteiger partial charge in [0.25, 0.3) is 0 Å². The summed E-state index contributed by atoms with van der Waals surface area (Å²) in [5, 5.41) is 11.5. The molecule has 0 radical (unpaired) electrons. The maximum Gasteiger partial charge on any atom is 0.328 e. The molecule has 18 heavy (non-hydrogen) atoms. The molecule has 1 N–H and O–H groups in total. The largest absolute Gasteiger partial charge is 0.480 e. The topological polar surface area (TPSA) is 40.5 Å². The normalized spacial score (nSPS) is 11.5. The number of benzene rings is 2. The molecule has 0 atom stereocenters. The molecule has 0 amide bonds.